The molecule has 0 aromatic rings. The summed E-state index contributed by atoms with van der Waals surface area (Å²) in [6, 6.07) is 0. The fourth-order valence-electron chi connectivity index (χ4n) is 0. The fourth-order valence-corrected chi connectivity index (χ4v) is 0. The van der Waals surface area contributed by atoms with Gasteiger partial charge in [0.05, 0.1) is 0 Å². The molecule has 17 heteroatoms. The van der Waals surface area contributed by atoms with Gasteiger partial charge in [0, 0.05) is 0 Å². The van der Waals surface area contributed by atoms with Crippen molar-refractivity contribution in [2.24, 2.45) is 0 Å². The molecular formula is H3BBa3O11P2. The first kappa shape index (κ1) is 37.8. The number of phosphoric acid groups is 2. The van der Waals surface area contributed by atoms with Crippen LogP contribution in [0.3, 0.4) is 0 Å². The topological polar surface area (TPSA) is 233 Å². The van der Waals surface area contributed by atoms with Crippen molar-refractivity contribution in [1.29, 1.82) is 0 Å². The van der Waals surface area contributed by atoms with Crippen LogP contribution in [0.25, 0.3) is 0 Å². The third kappa shape index (κ3) is 313. The summed E-state index contributed by atoms with van der Waals surface area (Å²) in [5.74, 6) is 0. The fraction of sp³-hybridized carbons (Fsp3) is 0. The molecule has 0 amide bonds. The Hall–Kier alpha value is 4.88. The molecule has 88 valence electrons. The summed E-state index contributed by atoms with van der Waals surface area (Å²) in [4.78, 5) is 51.3. The van der Waals surface area contributed by atoms with Crippen molar-refractivity contribution in [1.82, 2.24) is 0 Å². The maximum absolute atomic E-state index is 8.55. The molecule has 11 nitrogen and oxygen atoms in total. The molecule has 0 aliphatic heterocycles. The predicted molar refractivity (Wildman–Crippen MR) is 44.9 cm³/mol. The zero-order valence-corrected chi connectivity index (χ0v) is 23.3. The summed E-state index contributed by atoms with van der Waals surface area (Å²) in [7, 11) is -12.9. The van der Waals surface area contributed by atoms with Crippen molar-refractivity contribution in [2.75, 3.05) is 0 Å². The van der Waals surface area contributed by atoms with Gasteiger partial charge in [-0.2, -0.15) is 15.6 Å². The van der Waals surface area contributed by atoms with Crippen LogP contribution >= 0.6 is 15.6 Å². The molecule has 0 aromatic carbocycles. The molecule has 0 atom stereocenters. The normalized spacial score (nSPS) is 8.53. The van der Waals surface area contributed by atoms with Gasteiger partial charge in [-0.3, -0.25) is 0 Å². The number of hydrogen-bond acceptors (Lipinski definition) is 11. The van der Waals surface area contributed by atoms with E-state index in [0.29, 0.717) is 0 Å². The predicted octanol–water partition coefficient (Wildman–Crippen LogP) is -8.84. The second kappa shape index (κ2) is 20.9. The van der Waals surface area contributed by atoms with Gasteiger partial charge in [0.15, 0.2) is 0 Å². The summed E-state index contributed by atoms with van der Waals surface area (Å²) in [6.45, 7) is 0. The maximum Gasteiger partial charge on any atom is 2.00 e. The molecule has 0 aromatic heterocycles. The van der Waals surface area contributed by atoms with Crippen molar-refractivity contribution in [3.05, 3.63) is 0 Å². The van der Waals surface area contributed by atoms with E-state index in [1.165, 1.54) is 0 Å². The Morgan fingerprint density at radius 3 is 0.647 bits per heavy atom. The zero-order chi connectivity index (χ0) is 12.6. The Kier molecular flexibility index (Phi) is 46.5. The van der Waals surface area contributed by atoms with Gasteiger partial charge in [0.2, 0.25) is 0 Å². The largest absolute Gasteiger partial charge is 2.00 e. The first-order valence-corrected chi connectivity index (χ1v) is 5.16. The quantitative estimate of drug-likeness (QED) is 0.163. The SMILES string of the molecule is O=P([O-])([O-])[O-].O=P([O-])([O-])[O-].OB(O)O.[Ba+2].[Ba+2].[Ba+2]. The summed E-state index contributed by atoms with van der Waals surface area (Å²) >= 11 is 0. The first-order valence-electron chi connectivity index (χ1n) is 2.24. The smallest absolute Gasteiger partial charge is 0.822 e. The van der Waals surface area contributed by atoms with E-state index in [-0.39, 0.29) is 147 Å². The van der Waals surface area contributed by atoms with E-state index in [1.54, 1.807) is 0 Å². The average Bonchev–Trinajstić information content (AvgIpc) is 1.45. The Morgan fingerprint density at radius 1 is 0.647 bits per heavy atom. The van der Waals surface area contributed by atoms with E-state index in [4.69, 9.17) is 53.6 Å². The van der Waals surface area contributed by atoms with Gasteiger partial charge in [-0.25, -0.2) is 0 Å². The molecule has 17 heavy (non-hydrogen) atoms. The Morgan fingerprint density at radius 2 is 0.647 bits per heavy atom. The van der Waals surface area contributed by atoms with Crippen LogP contribution in [0.4, 0.5) is 0 Å². The zero-order valence-electron chi connectivity index (χ0n) is 8.20. The number of rotatable bonds is 0. The monoisotopic (exact) mass is 666 g/mol. The third-order valence-electron chi connectivity index (χ3n) is 0. The van der Waals surface area contributed by atoms with Gasteiger partial charge in [-0.15, -0.1) is 0 Å². The van der Waals surface area contributed by atoms with E-state index in [9.17, 15) is 0 Å². The van der Waals surface area contributed by atoms with Gasteiger partial charge >= 0.3 is 154 Å². The van der Waals surface area contributed by atoms with Crippen LogP contribution in [0.5, 0.6) is 0 Å². The standard InChI is InChI=1S/BH3O3.3Ba.2H3O4P/c2-1(3)4;;;;2*1-5(2,3)4/h2-4H;;;;2*(H3,1,2,3,4)/q;3*+2;;/p-6. The molecular weight excluding hydrogens is 661 g/mol. The van der Waals surface area contributed by atoms with E-state index < -0.39 is 23.0 Å². The van der Waals surface area contributed by atoms with E-state index in [2.05, 4.69) is 0 Å². The second-order valence-corrected chi connectivity index (χ2v) is 3.03. The van der Waals surface area contributed by atoms with Gasteiger partial charge < -0.3 is 53.6 Å². The molecule has 0 spiro atoms. The Bertz CT molecular complexity index is 167. The first-order chi connectivity index (χ1) is 5.73. The summed E-state index contributed by atoms with van der Waals surface area (Å²) in [5.41, 5.74) is 0. The van der Waals surface area contributed by atoms with Gasteiger partial charge in [-0.1, -0.05) is 0 Å². The summed E-state index contributed by atoms with van der Waals surface area (Å²) < 4.78 is 17.1. The van der Waals surface area contributed by atoms with Crippen molar-refractivity contribution in [3.63, 3.8) is 0 Å². The third-order valence-corrected chi connectivity index (χ3v) is 0. The minimum absolute atomic E-state index is 0. The molecule has 3 N–H and O–H groups in total. The summed E-state index contributed by atoms with van der Waals surface area (Å²) in [5, 5.41) is 21.5. The molecule has 0 heterocycles. The minimum Gasteiger partial charge on any atom is -0.822 e. The van der Waals surface area contributed by atoms with E-state index >= 15 is 0 Å². The van der Waals surface area contributed by atoms with Crippen LogP contribution in [0.2, 0.25) is 0 Å². The van der Waals surface area contributed by atoms with Crippen LogP contribution in [-0.4, -0.2) is 169 Å². The molecule has 0 aliphatic carbocycles. The number of hydrogen-bond donors (Lipinski definition) is 3. The van der Waals surface area contributed by atoms with Gasteiger partial charge in [0.1, 0.15) is 0 Å². The molecule has 0 unspecified atom stereocenters. The Balaban J connectivity index is -0.0000000247. The molecule has 0 saturated heterocycles. The summed E-state index contributed by atoms with van der Waals surface area (Å²) in [6.07, 6.45) is 0. The average molecular weight is 664 g/mol. The van der Waals surface area contributed by atoms with Gasteiger partial charge in [0.25, 0.3) is 0 Å². The van der Waals surface area contributed by atoms with Crippen molar-refractivity contribution < 1.29 is 53.6 Å². The van der Waals surface area contributed by atoms with Crippen molar-refractivity contribution in [2.45, 2.75) is 0 Å². The molecule has 0 rings (SSSR count). The van der Waals surface area contributed by atoms with Crippen LogP contribution in [0.1, 0.15) is 0 Å². The van der Waals surface area contributed by atoms with E-state index in [1.807, 2.05) is 0 Å². The second-order valence-electron chi connectivity index (χ2n) is 1.24. The van der Waals surface area contributed by atoms with Crippen LogP contribution in [-0.2, 0) is 9.13 Å². The Labute approximate surface area is 217 Å². The molecule has 0 saturated carbocycles. The van der Waals surface area contributed by atoms with E-state index in [0.717, 1.165) is 0 Å². The van der Waals surface area contributed by atoms with Crippen LogP contribution in [0, 0.1) is 0 Å². The van der Waals surface area contributed by atoms with Crippen LogP contribution < -0.4 is 29.4 Å². The molecule has 0 fully saturated rings. The molecule has 0 radical (unpaired) electrons. The minimum atomic E-state index is -5.39. The van der Waals surface area contributed by atoms with Crippen molar-refractivity contribution >= 4 is 170 Å². The van der Waals surface area contributed by atoms with Crippen LogP contribution in [0.15, 0.2) is 0 Å². The van der Waals surface area contributed by atoms with Crippen molar-refractivity contribution in [3.8, 4) is 0 Å². The molecule has 0 bridgehead atoms. The molecule has 0 aliphatic rings. The maximum atomic E-state index is 8.55. The van der Waals surface area contributed by atoms with Gasteiger partial charge in [-0.05, 0) is 0 Å².